The van der Waals surface area contributed by atoms with Crippen LogP contribution in [0, 0.1) is 0 Å². The molecule has 0 aromatic heterocycles. The Labute approximate surface area is 99.2 Å². The molecule has 0 saturated carbocycles. The molecule has 2 nitrogen and oxygen atoms in total. The minimum atomic E-state index is 0.258. The molecule has 1 rings (SSSR count). The highest BCUT2D eigenvalue weighted by Crippen LogP contribution is 2.17. The molecule has 1 saturated heterocycles. The van der Waals surface area contributed by atoms with Crippen molar-refractivity contribution in [2.45, 2.75) is 45.2 Å². The zero-order chi connectivity index (χ0) is 11.3. The number of hydrogen-bond donors (Lipinski definition) is 1. The first kappa shape index (κ1) is 13.3. The number of nitrogens with one attached hydrogen (secondary N) is 1. The van der Waals surface area contributed by atoms with Crippen LogP contribution in [0.4, 0.5) is 0 Å². The van der Waals surface area contributed by atoms with Gasteiger partial charge >= 0.3 is 0 Å². The lowest BCUT2D eigenvalue weighted by molar-refractivity contribution is 0.246. The summed E-state index contributed by atoms with van der Waals surface area (Å²) in [6.07, 6.45) is 4.95. The highest BCUT2D eigenvalue weighted by atomic mass is 32.2. The van der Waals surface area contributed by atoms with Crippen LogP contribution in [0.3, 0.4) is 0 Å². The van der Waals surface area contributed by atoms with Gasteiger partial charge in [-0.15, -0.1) is 0 Å². The summed E-state index contributed by atoms with van der Waals surface area (Å²) in [6.45, 7) is 10.4. The van der Waals surface area contributed by atoms with Gasteiger partial charge in [-0.05, 0) is 46.4 Å². The molecule has 0 amide bonds. The van der Waals surface area contributed by atoms with E-state index in [1.807, 2.05) is 11.8 Å². The summed E-state index contributed by atoms with van der Waals surface area (Å²) in [5, 5.41) is 3.62. The smallest absolute Gasteiger partial charge is 0.0221 e. The van der Waals surface area contributed by atoms with Crippen LogP contribution in [0.15, 0.2) is 0 Å². The predicted molar refractivity (Wildman–Crippen MR) is 70.7 cm³/mol. The largest absolute Gasteiger partial charge is 0.311 e. The number of rotatable bonds is 5. The van der Waals surface area contributed by atoms with Crippen LogP contribution in [-0.2, 0) is 0 Å². The van der Waals surface area contributed by atoms with Gasteiger partial charge in [-0.1, -0.05) is 0 Å². The summed E-state index contributed by atoms with van der Waals surface area (Å²) in [5.74, 6) is 1.27. The lowest BCUT2D eigenvalue weighted by Crippen LogP contribution is -2.45. The lowest BCUT2D eigenvalue weighted by Gasteiger charge is -2.28. The van der Waals surface area contributed by atoms with Crippen LogP contribution in [0.2, 0.25) is 0 Å². The third kappa shape index (κ3) is 5.23. The van der Waals surface area contributed by atoms with E-state index in [-0.39, 0.29) is 5.54 Å². The van der Waals surface area contributed by atoms with E-state index in [4.69, 9.17) is 0 Å². The molecule has 3 heteroatoms. The normalized spacial score (nSPS) is 23.6. The van der Waals surface area contributed by atoms with Crippen molar-refractivity contribution in [3.05, 3.63) is 0 Å². The average molecular weight is 230 g/mol. The maximum atomic E-state index is 3.62. The summed E-state index contributed by atoms with van der Waals surface area (Å²) in [5.41, 5.74) is 0.258. The minimum Gasteiger partial charge on any atom is -0.311 e. The monoisotopic (exact) mass is 230 g/mol. The molecule has 1 N–H and O–H groups in total. The van der Waals surface area contributed by atoms with Crippen molar-refractivity contribution in [3.8, 4) is 0 Å². The Morgan fingerprint density at radius 1 is 1.40 bits per heavy atom. The van der Waals surface area contributed by atoms with Gasteiger partial charge in [0.05, 0.1) is 0 Å². The molecule has 0 aliphatic carbocycles. The Balaban J connectivity index is 2.27. The van der Waals surface area contributed by atoms with E-state index < -0.39 is 0 Å². The van der Waals surface area contributed by atoms with Gasteiger partial charge in [-0.2, -0.15) is 11.8 Å². The Morgan fingerprint density at radius 2 is 2.13 bits per heavy atom. The zero-order valence-electron chi connectivity index (χ0n) is 10.7. The first-order chi connectivity index (χ1) is 7.03. The van der Waals surface area contributed by atoms with Crippen LogP contribution in [0.25, 0.3) is 0 Å². The minimum absolute atomic E-state index is 0.258. The van der Waals surface area contributed by atoms with Gasteiger partial charge in [0.15, 0.2) is 0 Å². The van der Waals surface area contributed by atoms with Gasteiger partial charge in [0.25, 0.3) is 0 Å². The topological polar surface area (TPSA) is 15.3 Å². The van der Waals surface area contributed by atoms with Crippen molar-refractivity contribution in [3.63, 3.8) is 0 Å². The summed E-state index contributed by atoms with van der Waals surface area (Å²) >= 11 is 1.95. The number of thioether (sulfide) groups is 1. The number of nitrogens with zero attached hydrogens (tertiary/aromatic N) is 1. The first-order valence-electron chi connectivity index (χ1n) is 6.01. The molecule has 0 aromatic carbocycles. The lowest BCUT2D eigenvalue weighted by atomic mass is 10.1. The Kier molecular flexibility index (Phi) is 5.44. The molecule has 1 fully saturated rings. The number of hydrogen-bond acceptors (Lipinski definition) is 3. The molecule has 1 atom stereocenters. The average Bonchev–Trinajstić information content (AvgIpc) is 2.57. The molecular weight excluding hydrogens is 204 g/mol. The molecular formula is C12H26N2S. The molecule has 15 heavy (non-hydrogen) atoms. The molecule has 0 bridgehead atoms. The standard InChI is InChI=1S/C12H26N2S/c1-12(2,3)13-10-11-6-5-7-14(11)8-9-15-4/h11,13H,5-10H2,1-4H3. The predicted octanol–water partition coefficient (Wildman–Crippen LogP) is 2.20. The van der Waals surface area contributed by atoms with Crippen molar-refractivity contribution in [2.24, 2.45) is 0 Å². The van der Waals surface area contributed by atoms with Crippen molar-refractivity contribution in [1.82, 2.24) is 10.2 Å². The molecule has 0 aromatic rings. The van der Waals surface area contributed by atoms with Crippen molar-refractivity contribution in [1.29, 1.82) is 0 Å². The van der Waals surface area contributed by atoms with Gasteiger partial charge < -0.3 is 5.32 Å². The molecule has 0 radical (unpaired) electrons. The van der Waals surface area contributed by atoms with E-state index in [0.717, 1.165) is 12.6 Å². The highest BCUT2D eigenvalue weighted by molar-refractivity contribution is 7.98. The van der Waals surface area contributed by atoms with E-state index in [2.05, 4.69) is 37.2 Å². The Bertz CT molecular complexity index is 177. The maximum absolute atomic E-state index is 3.62. The molecule has 1 aliphatic heterocycles. The fourth-order valence-electron chi connectivity index (χ4n) is 2.05. The van der Waals surface area contributed by atoms with Gasteiger partial charge in [-0.3, -0.25) is 4.90 Å². The molecule has 90 valence electrons. The van der Waals surface area contributed by atoms with Gasteiger partial charge in [-0.25, -0.2) is 0 Å². The number of likely N-dealkylation sites (tertiary alicyclic amines) is 1. The van der Waals surface area contributed by atoms with Gasteiger partial charge in [0.1, 0.15) is 0 Å². The van der Waals surface area contributed by atoms with Crippen LogP contribution >= 0.6 is 11.8 Å². The van der Waals surface area contributed by atoms with Crippen LogP contribution in [0.1, 0.15) is 33.6 Å². The zero-order valence-corrected chi connectivity index (χ0v) is 11.5. The third-order valence-electron chi connectivity index (χ3n) is 2.95. The molecule has 0 spiro atoms. The molecule has 1 heterocycles. The van der Waals surface area contributed by atoms with E-state index >= 15 is 0 Å². The van der Waals surface area contributed by atoms with Crippen LogP contribution in [-0.4, -0.2) is 48.1 Å². The van der Waals surface area contributed by atoms with Crippen LogP contribution in [0.5, 0.6) is 0 Å². The maximum Gasteiger partial charge on any atom is 0.0221 e. The van der Waals surface area contributed by atoms with Crippen molar-refractivity contribution in [2.75, 3.05) is 31.6 Å². The van der Waals surface area contributed by atoms with Gasteiger partial charge in [0, 0.05) is 30.4 Å². The van der Waals surface area contributed by atoms with E-state index in [1.54, 1.807) is 0 Å². The van der Waals surface area contributed by atoms with E-state index in [0.29, 0.717) is 0 Å². The highest BCUT2D eigenvalue weighted by Gasteiger charge is 2.24. The third-order valence-corrected chi connectivity index (χ3v) is 3.54. The quantitative estimate of drug-likeness (QED) is 0.779. The fraction of sp³-hybridized carbons (Fsp3) is 1.00. The molecule has 1 unspecified atom stereocenters. The van der Waals surface area contributed by atoms with Crippen molar-refractivity contribution >= 4 is 11.8 Å². The van der Waals surface area contributed by atoms with E-state index in [1.165, 1.54) is 31.7 Å². The SMILES string of the molecule is CSCCN1CCCC1CNC(C)(C)C. The van der Waals surface area contributed by atoms with Gasteiger partial charge in [0.2, 0.25) is 0 Å². The fourth-order valence-corrected chi connectivity index (χ4v) is 2.47. The second-order valence-electron chi connectivity index (χ2n) is 5.46. The summed E-state index contributed by atoms with van der Waals surface area (Å²) < 4.78 is 0. The second kappa shape index (κ2) is 6.12. The van der Waals surface area contributed by atoms with E-state index in [9.17, 15) is 0 Å². The van der Waals surface area contributed by atoms with Crippen molar-refractivity contribution < 1.29 is 0 Å². The first-order valence-corrected chi connectivity index (χ1v) is 7.40. The summed E-state index contributed by atoms with van der Waals surface area (Å²) in [7, 11) is 0. The second-order valence-corrected chi connectivity index (χ2v) is 6.44. The summed E-state index contributed by atoms with van der Waals surface area (Å²) in [4.78, 5) is 2.65. The molecule has 1 aliphatic rings. The Morgan fingerprint density at radius 3 is 2.73 bits per heavy atom. The van der Waals surface area contributed by atoms with Crippen LogP contribution < -0.4 is 5.32 Å². The summed E-state index contributed by atoms with van der Waals surface area (Å²) in [6, 6.07) is 0.774. The Hall–Kier alpha value is 0.270.